The van der Waals surface area contributed by atoms with E-state index >= 15 is 0 Å². The molecule has 1 aliphatic carbocycles. The van der Waals surface area contributed by atoms with Crippen molar-refractivity contribution in [1.29, 1.82) is 0 Å². The summed E-state index contributed by atoms with van der Waals surface area (Å²) in [4.78, 5) is 6.60. The highest BCUT2D eigenvalue weighted by Crippen LogP contribution is 2.40. The van der Waals surface area contributed by atoms with Gasteiger partial charge in [0.1, 0.15) is 11.6 Å². The van der Waals surface area contributed by atoms with Crippen LogP contribution in [0.25, 0.3) is 0 Å². The van der Waals surface area contributed by atoms with Crippen LogP contribution in [0, 0.1) is 11.8 Å². The third-order valence-electron chi connectivity index (χ3n) is 4.03. The Morgan fingerprint density at radius 1 is 1.35 bits per heavy atom. The minimum absolute atomic E-state index is 0.519. The third-order valence-corrected chi connectivity index (χ3v) is 4.03. The molecule has 2 atom stereocenters. The predicted molar refractivity (Wildman–Crippen MR) is 68.2 cm³/mol. The number of hydrogen-bond donors (Lipinski definition) is 1. The van der Waals surface area contributed by atoms with Gasteiger partial charge in [-0.05, 0) is 31.1 Å². The van der Waals surface area contributed by atoms with Crippen LogP contribution in [0.15, 0.2) is 12.3 Å². The molecule has 1 aliphatic heterocycles. The first-order valence-electron chi connectivity index (χ1n) is 6.30. The van der Waals surface area contributed by atoms with Gasteiger partial charge in [0.2, 0.25) is 0 Å². The summed E-state index contributed by atoms with van der Waals surface area (Å²) >= 11 is 0. The van der Waals surface area contributed by atoms with Crippen LogP contribution in [-0.4, -0.2) is 25.2 Å². The van der Waals surface area contributed by atoms with E-state index in [9.17, 15) is 0 Å². The van der Waals surface area contributed by atoms with Crippen LogP contribution in [0.4, 0.5) is 11.5 Å². The molecular weight excluding hydrogens is 214 g/mol. The van der Waals surface area contributed by atoms with E-state index in [0.717, 1.165) is 36.4 Å². The van der Waals surface area contributed by atoms with Crippen LogP contribution >= 0.6 is 0 Å². The normalized spacial score (nSPS) is 27.2. The number of ether oxygens (including phenoxy) is 1. The average Bonchev–Trinajstić information content (AvgIpc) is 2.68. The van der Waals surface area contributed by atoms with E-state index in [0.29, 0.717) is 5.82 Å². The van der Waals surface area contributed by atoms with Gasteiger partial charge in [0.05, 0.1) is 19.0 Å². The summed E-state index contributed by atoms with van der Waals surface area (Å²) < 4.78 is 5.41. The van der Waals surface area contributed by atoms with Crippen molar-refractivity contribution >= 4 is 11.5 Å². The Hall–Kier alpha value is -1.45. The van der Waals surface area contributed by atoms with E-state index in [2.05, 4.69) is 9.88 Å². The van der Waals surface area contributed by atoms with E-state index in [4.69, 9.17) is 10.5 Å². The molecule has 2 bridgehead atoms. The number of nitrogens with zero attached hydrogens (tertiary/aromatic N) is 2. The lowest BCUT2D eigenvalue weighted by molar-refractivity contribution is 0.396. The number of nitrogen functional groups attached to an aromatic ring is 1. The van der Waals surface area contributed by atoms with Gasteiger partial charge in [-0.15, -0.1) is 0 Å². The molecule has 2 N–H and O–H groups in total. The Kier molecular flexibility index (Phi) is 2.57. The van der Waals surface area contributed by atoms with Gasteiger partial charge in [-0.1, -0.05) is 0 Å². The zero-order valence-electron chi connectivity index (χ0n) is 10.2. The first-order valence-corrected chi connectivity index (χ1v) is 6.30. The number of methoxy groups -OCH3 is 1. The maximum atomic E-state index is 5.69. The summed E-state index contributed by atoms with van der Waals surface area (Å²) in [5, 5.41) is 0. The minimum Gasteiger partial charge on any atom is -0.494 e. The Labute approximate surface area is 102 Å². The van der Waals surface area contributed by atoms with Gasteiger partial charge in [0, 0.05) is 19.2 Å². The molecule has 4 heteroatoms. The summed E-state index contributed by atoms with van der Waals surface area (Å²) in [6, 6.07) is 1.81. The Morgan fingerprint density at radius 2 is 2.06 bits per heavy atom. The van der Waals surface area contributed by atoms with Gasteiger partial charge in [-0.3, -0.25) is 0 Å². The van der Waals surface area contributed by atoms with Crippen molar-refractivity contribution in [2.45, 2.75) is 19.3 Å². The molecule has 0 radical (unpaired) electrons. The third kappa shape index (κ3) is 1.92. The van der Waals surface area contributed by atoms with E-state index in [1.807, 2.05) is 12.3 Å². The number of fused-ring (bicyclic) bond motifs is 2. The Morgan fingerprint density at radius 3 is 2.71 bits per heavy atom. The second-order valence-electron chi connectivity index (χ2n) is 5.23. The predicted octanol–water partition coefficient (Wildman–Crippen LogP) is 1.91. The number of hydrogen-bond acceptors (Lipinski definition) is 4. The molecule has 92 valence electrons. The summed E-state index contributed by atoms with van der Waals surface area (Å²) in [7, 11) is 1.69. The molecule has 1 aromatic rings. The van der Waals surface area contributed by atoms with Gasteiger partial charge in [-0.2, -0.15) is 0 Å². The molecule has 4 nitrogen and oxygen atoms in total. The average molecular weight is 233 g/mol. The van der Waals surface area contributed by atoms with Crippen molar-refractivity contribution in [2.24, 2.45) is 11.8 Å². The Balaban J connectivity index is 1.88. The number of anilines is 2. The van der Waals surface area contributed by atoms with Crippen molar-refractivity contribution in [1.82, 2.24) is 4.98 Å². The summed E-state index contributed by atoms with van der Waals surface area (Å²) in [5.74, 6) is 3.08. The molecule has 3 rings (SSSR count). The number of rotatable bonds is 2. The van der Waals surface area contributed by atoms with Gasteiger partial charge in [-0.25, -0.2) is 4.98 Å². The SMILES string of the molecule is COc1cc(N)ncc1N1CC2CCC(C2)C1. The molecule has 1 aromatic heterocycles. The molecule has 1 saturated heterocycles. The lowest BCUT2D eigenvalue weighted by Gasteiger charge is -2.34. The molecule has 2 fully saturated rings. The van der Waals surface area contributed by atoms with Crippen LogP contribution in [0.5, 0.6) is 5.75 Å². The molecule has 0 amide bonds. The highest BCUT2D eigenvalue weighted by Gasteiger charge is 2.33. The monoisotopic (exact) mass is 233 g/mol. The van der Waals surface area contributed by atoms with Gasteiger partial charge >= 0.3 is 0 Å². The summed E-state index contributed by atoms with van der Waals surface area (Å²) in [6.45, 7) is 2.27. The van der Waals surface area contributed by atoms with Crippen LogP contribution < -0.4 is 15.4 Å². The quantitative estimate of drug-likeness (QED) is 0.847. The second-order valence-corrected chi connectivity index (χ2v) is 5.23. The number of aromatic nitrogens is 1. The van der Waals surface area contributed by atoms with Crippen molar-refractivity contribution in [3.63, 3.8) is 0 Å². The lowest BCUT2D eigenvalue weighted by Crippen LogP contribution is -2.36. The highest BCUT2D eigenvalue weighted by molar-refractivity contribution is 5.60. The first kappa shape index (κ1) is 10.7. The standard InChI is InChI=1S/C13H19N3O/c1-17-12-5-13(14)15-6-11(12)16-7-9-2-3-10(4-9)8-16/h5-6,9-10H,2-4,7-8H2,1H3,(H2,14,15). The van der Waals surface area contributed by atoms with E-state index in [1.54, 1.807) is 7.11 Å². The van der Waals surface area contributed by atoms with Crippen LogP contribution in [-0.2, 0) is 0 Å². The van der Waals surface area contributed by atoms with Gasteiger partial charge in [0.25, 0.3) is 0 Å². The van der Waals surface area contributed by atoms with Crippen molar-refractivity contribution < 1.29 is 4.74 Å². The minimum atomic E-state index is 0.519. The van der Waals surface area contributed by atoms with Gasteiger partial charge < -0.3 is 15.4 Å². The van der Waals surface area contributed by atoms with Crippen molar-refractivity contribution in [2.75, 3.05) is 30.8 Å². The summed E-state index contributed by atoms with van der Waals surface area (Å²) in [6.07, 6.45) is 6.01. The van der Waals surface area contributed by atoms with E-state index < -0.39 is 0 Å². The topological polar surface area (TPSA) is 51.4 Å². The van der Waals surface area contributed by atoms with Crippen LogP contribution in [0.1, 0.15) is 19.3 Å². The molecule has 17 heavy (non-hydrogen) atoms. The van der Waals surface area contributed by atoms with Crippen LogP contribution in [0.3, 0.4) is 0 Å². The van der Waals surface area contributed by atoms with E-state index in [-0.39, 0.29) is 0 Å². The maximum Gasteiger partial charge on any atom is 0.147 e. The fraction of sp³-hybridized carbons (Fsp3) is 0.615. The van der Waals surface area contributed by atoms with Crippen molar-refractivity contribution in [3.8, 4) is 5.75 Å². The zero-order valence-corrected chi connectivity index (χ0v) is 10.2. The smallest absolute Gasteiger partial charge is 0.147 e. The maximum absolute atomic E-state index is 5.69. The molecule has 2 aliphatic rings. The van der Waals surface area contributed by atoms with Crippen molar-refractivity contribution in [3.05, 3.63) is 12.3 Å². The molecule has 2 heterocycles. The van der Waals surface area contributed by atoms with E-state index in [1.165, 1.54) is 19.3 Å². The first-order chi connectivity index (χ1) is 8.26. The fourth-order valence-corrected chi connectivity index (χ4v) is 3.25. The molecule has 0 spiro atoms. The second kappa shape index (κ2) is 4.09. The number of pyridine rings is 1. The van der Waals surface area contributed by atoms with Crippen LogP contribution in [0.2, 0.25) is 0 Å². The number of nitrogens with two attached hydrogens (primary N) is 1. The fourth-order valence-electron chi connectivity index (χ4n) is 3.25. The lowest BCUT2D eigenvalue weighted by atomic mass is 9.98. The number of piperidine rings is 1. The Bertz CT molecular complexity index is 409. The van der Waals surface area contributed by atoms with Gasteiger partial charge in [0.15, 0.2) is 0 Å². The molecule has 1 saturated carbocycles. The zero-order chi connectivity index (χ0) is 11.8. The highest BCUT2D eigenvalue weighted by atomic mass is 16.5. The largest absolute Gasteiger partial charge is 0.494 e. The summed E-state index contributed by atoms with van der Waals surface area (Å²) in [5.41, 5.74) is 6.79. The molecule has 0 aromatic carbocycles. The molecular formula is C13H19N3O. The molecule has 2 unspecified atom stereocenters.